The number of hydrogen-bond acceptors (Lipinski definition) is 4. The van der Waals surface area contributed by atoms with Gasteiger partial charge in [-0.25, -0.2) is 0 Å². The predicted molar refractivity (Wildman–Crippen MR) is 52.2 cm³/mol. The summed E-state index contributed by atoms with van der Waals surface area (Å²) in [6.45, 7) is 0. The van der Waals surface area contributed by atoms with E-state index < -0.39 is 20.3 Å². The van der Waals surface area contributed by atoms with Gasteiger partial charge in [-0.15, -0.1) is 11.6 Å². The van der Waals surface area contributed by atoms with E-state index in [9.17, 15) is 20.2 Å². The molecule has 0 aromatic heterocycles. The third-order valence-electron chi connectivity index (χ3n) is 1.51. The predicted octanol–water partition coefficient (Wildman–Crippen LogP) is 2.06. The Labute approximate surface area is 94.4 Å². The van der Waals surface area contributed by atoms with E-state index in [2.05, 4.69) is 0 Å². The molecule has 0 heterocycles. The third kappa shape index (κ3) is 3.43. The maximum Gasteiger partial charge on any atom is 0.436 e. The Hall–Kier alpha value is -0.330. The Balaban J connectivity index is 4.64. The van der Waals surface area contributed by atoms with E-state index in [1.54, 1.807) is 0 Å². The summed E-state index contributed by atoms with van der Waals surface area (Å²) in [5.41, 5.74) is 0. The van der Waals surface area contributed by atoms with Crippen LogP contribution in [0.4, 0.5) is 0 Å². The standard InChI is InChI=1S/C5H7Cl3N2O4/c6-3-1-2-4(9(11)12)5(7,8)10(13)14/h4H,1-3H2. The van der Waals surface area contributed by atoms with E-state index in [0.29, 0.717) is 0 Å². The molecule has 9 heteroatoms. The summed E-state index contributed by atoms with van der Waals surface area (Å²) >= 11 is 15.8. The Morgan fingerprint density at radius 2 is 1.79 bits per heavy atom. The van der Waals surface area contributed by atoms with Crippen molar-refractivity contribution in [3.8, 4) is 0 Å². The molecule has 0 N–H and O–H groups in total. The Morgan fingerprint density at radius 3 is 2.07 bits per heavy atom. The van der Waals surface area contributed by atoms with Crippen molar-refractivity contribution in [3.05, 3.63) is 20.2 Å². The SMILES string of the molecule is O=[N+]([O-])C(CCCCl)C(Cl)(Cl)[N+](=O)[O-]. The second-order valence-corrected chi connectivity index (χ2v) is 4.20. The van der Waals surface area contributed by atoms with Crippen LogP contribution in [0, 0.1) is 20.2 Å². The van der Waals surface area contributed by atoms with Crippen LogP contribution in [-0.2, 0) is 0 Å². The first-order valence-corrected chi connectivity index (χ1v) is 4.84. The fourth-order valence-corrected chi connectivity index (χ4v) is 1.33. The van der Waals surface area contributed by atoms with E-state index in [1.165, 1.54) is 0 Å². The number of alkyl halides is 3. The lowest BCUT2D eigenvalue weighted by Crippen LogP contribution is -2.44. The van der Waals surface area contributed by atoms with Gasteiger partial charge < -0.3 is 0 Å². The first-order valence-electron chi connectivity index (χ1n) is 3.55. The molecule has 0 saturated carbocycles. The summed E-state index contributed by atoms with van der Waals surface area (Å²) in [5, 5.41) is 20.8. The second-order valence-electron chi connectivity index (χ2n) is 2.48. The average Bonchev–Trinajstić information content (AvgIpc) is 2.03. The van der Waals surface area contributed by atoms with Gasteiger partial charge in [0.25, 0.3) is 0 Å². The zero-order valence-electron chi connectivity index (χ0n) is 6.86. The van der Waals surface area contributed by atoms with Gasteiger partial charge in [0.2, 0.25) is 0 Å². The fourth-order valence-electron chi connectivity index (χ4n) is 0.798. The van der Waals surface area contributed by atoms with Crippen LogP contribution in [0.2, 0.25) is 0 Å². The quantitative estimate of drug-likeness (QED) is 0.318. The molecule has 0 saturated heterocycles. The van der Waals surface area contributed by atoms with Crippen LogP contribution in [0.5, 0.6) is 0 Å². The van der Waals surface area contributed by atoms with Crippen molar-refractivity contribution in [2.24, 2.45) is 0 Å². The molecule has 0 rings (SSSR count). The first-order chi connectivity index (χ1) is 6.34. The zero-order chi connectivity index (χ0) is 11.4. The normalized spacial score (nSPS) is 13.6. The monoisotopic (exact) mass is 264 g/mol. The molecule has 0 aromatic carbocycles. The van der Waals surface area contributed by atoms with Crippen LogP contribution < -0.4 is 0 Å². The molecule has 82 valence electrons. The molecule has 0 fully saturated rings. The number of hydrogen-bond donors (Lipinski definition) is 0. The highest BCUT2D eigenvalue weighted by Gasteiger charge is 2.55. The highest BCUT2D eigenvalue weighted by molar-refractivity contribution is 6.47. The lowest BCUT2D eigenvalue weighted by molar-refractivity contribution is -0.613. The molecule has 0 radical (unpaired) electrons. The summed E-state index contributed by atoms with van der Waals surface area (Å²) in [5.74, 6) is 0.159. The Bertz CT molecular complexity index is 235. The van der Waals surface area contributed by atoms with Gasteiger partial charge in [0.1, 0.15) is 0 Å². The molecule has 0 aliphatic carbocycles. The lowest BCUT2D eigenvalue weighted by Gasteiger charge is -2.14. The van der Waals surface area contributed by atoms with E-state index in [1.807, 2.05) is 0 Å². The van der Waals surface area contributed by atoms with E-state index in [-0.39, 0.29) is 18.7 Å². The van der Waals surface area contributed by atoms with Crippen molar-refractivity contribution in [1.29, 1.82) is 0 Å². The topological polar surface area (TPSA) is 86.3 Å². The number of halogens is 3. The minimum atomic E-state index is -2.60. The molecule has 0 amide bonds. The van der Waals surface area contributed by atoms with Crippen molar-refractivity contribution in [2.45, 2.75) is 23.3 Å². The third-order valence-corrected chi connectivity index (χ3v) is 2.56. The number of nitrogens with zero attached hydrogens (tertiary/aromatic N) is 2. The smallest absolute Gasteiger partial charge is 0.264 e. The molecule has 0 spiro atoms. The molecule has 0 aliphatic heterocycles. The zero-order valence-corrected chi connectivity index (χ0v) is 9.13. The van der Waals surface area contributed by atoms with Gasteiger partial charge in [-0.2, -0.15) is 0 Å². The summed E-state index contributed by atoms with van der Waals surface area (Å²) in [4.78, 5) is 18.8. The molecule has 1 atom stereocenters. The van der Waals surface area contributed by atoms with Gasteiger partial charge >= 0.3 is 10.5 Å². The summed E-state index contributed by atoms with van der Waals surface area (Å²) in [6.07, 6.45) is 0.104. The minimum Gasteiger partial charge on any atom is -0.264 e. The van der Waals surface area contributed by atoms with Crippen LogP contribution in [0.25, 0.3) is 0 Å². The molecule has 0 aromatic rings. The number of nitro groups is 2. The minimum absolute atomic E-state index is 0.134. The van der Waals surface area contributed by atoms with E-state index in [0.717, 1.165) is 0 Å². The molecular formula is C5H7Cl3N2O4. The molecule has 1 unspecified atom stereocenters. The Kier molecular flexibility index (Phi) is 5.40. The van der Waals surface area contributed by atoms with E-state index in [4.69, 9.17) is 34.8 Å². The Morgan fingerprint density at radius 1 is 1.29 bits per heavy atom. The summed E-state index contributed by atoms with van der Waals surface area (Å²) < 4.78 is -2.60. The van der Waals surface area contributed by atoms with Gasteiger partial charge in [0.05, 0.1) is 4.92 Å². The van der Waals surface area contributed by atoms with Gasteiger partial charge in [0, 0.05) is 17.2 Å². The summed E-state index contributed by atoms with van der Waals surface area (Å²) in [7, 11) is 0. The largest absolute Gasteiger partial charge is 0.436 e. The molecule has 6 nitrogen and oxygen atoms in total. The second kappa shape index (κ2) is 5.53. The van der Waals surface area contributed by atoms with Crippen molar-refractivity contribution in [2.75, 3.05) is 5.88 Å². The average molecular weight is 265 g/mol. The first kappa shape index (κ1) is 13.7. The van der Waals surface area contributed by atoms with Crippen LogP contribution >= 0.6 is 34.8 Å². The number of rotatable bonds is 6. The highest BCUT2D eigenvalue weighted by Crippen LogP contribution is 2.30. The summed E-state index contributed by atoms with van der Waals surface area (Å²) in [6, 6.07) is -1.65. The van der Waals surface area contributed by atoms with Crippen molar-refractivity contribution in [1.82, 2.24) is 0 Å². The maximum absolute atomic E-state index is 10.4. The van der Waals surface area contributed by atoms with Gasteiger partial charge in [0.15, 0.2) is 0 Å². The van der Waals surface area contributed by atoms with Crippen molar-refractivity contribution >= 4 is 34.8 Å². The molecule has 14 heavy (non-hydrogen) atoms. The highest BCUT2D eigenvalue weighted by atomic mass is 35.5. The van der Waals surface area contributed by atoms with Crippen molar-refractivity contribution < 1.29 is 9.85 Å². The van der Waals surface area contributed by atoms with E-state index >= 15 is 0 Å². The van der Waals surface area contributed by atoms with Crippen LogP contribution in [0.3, 0.4) is 0 Å². The fraction of sp³-hybridized carbons (Fsp3) is 1.00. The van der Waals surface area contributed by atoms with Crippen LogP contribution in [0.1, 0.15) is 12.8 Å². The van der Waals surface area contributed by atoms with Gasteiger partial charge in [-0.3, -0.25) is 20.2 Å². The van der Waals surface area contributed by atoms with Crippen molar-refractivity contribution in [3.63, 3.8) is 0 Å². The van der Waals surface area contributed by atoms with Crippen LogP contribution in [-0.4, -0.2) is 26.2 Å². The lowest BCUT2D eigenvalue weighted by atomic mass is 10.2. The molecule has 0 bridgehead atoms. The maximum atomic E-state index is 10.4. The van der Waals surface area contributed by atoms with Gasteiger partial charge in [-0.1, -0.05) is 0 Å². The molecule has 0 aliphatic rings. The van der Waals surface area contributed by atoms with Gasteiger partial charge in [-0.05, 0) is 29.6 Å². The van der Waals surface area contributed by atoms with Crippen LogP contribution in [0.15, 0.2) is 0 Å². The molecular weight excluding hydrogens is 258 g/mol.